The summed E-state index contributed by atoms with van der Waals surface area (Å²) in [6.45, 7) is 4.01. The number of hydrogen-bond donors (Lipinski definition) is 0. The van der Waals surface area contributed by atoms with Gasteiger partial charge in [-0.1, -0.05) is 29.3 Å². The third-order valence-corrected chi connectivity index (χ3v) is 4.39. The molecule has 0 atom stereocenters. The molecule has 3 heterocycles. The molecule has 7 nitrogen and oxygen atoms in total. The average molecular weight is 368 g/mol. The van der Waals surface area contributed by atoms with E-state index >= 15 is 0 Å². The van der Waals surface area contributed by atoms with Crippen LogP contribution in [0.4, 0.5) is 11.5 Å². The molecule has 126 valence electrons. The van der Waals surface area contributed by atoms with Gasteiger partial charge in [-0.15, -0.1) is 0 Å². The summed E-state index contributed by atoms with van der Waals surface area (Å²) >= 11 is 11.9. The van der Waals surface area contributed by atoms with Crippen molar-refractivity contribution in [3.8, 4) is 0 Å². The maximum atomic E-state index is 10.8. The van der Waals surface area contributed by atoms with Gasteiger partial charge in [0.1, 0.15) is 17.2 Å². The van der Waals surface area contributed by atoms with E-state index in [-0.39, 0.29) is 5.69 Å². The second-order valence-corrected chi connectivity index (χ2v) is 6.30. The predicted octanol–water partition coefficient (Wildman–Crippen LogP) is 3.01. The summed E-state index contributed by atoms with van der Waals surface area (Å²) in [5.41, 5.74) is 1.01. The predicted molar refractivity (Wildman–Crippen MR) is 92.6 cm³/mol. The van der Waals surface area contributed by atoms with Gasteiger partial charge < -0.3 is 4.90 Å². The molecule has 9 heteroatoms. The van der Waals surface area contributed by atoms with Gasteiger partial charge in [-0.2, -0.15) is 0 Å². The summed E-state index contributed by atoms with van der Waals surface area (Å²) in [6.07, 6.45) is 3.02. The van der Waals surface area contributed by atoms with Crippen molar-refractivity contribution in [2.45, 2.75) is 6.54 Å². The number of rotatable bonds is 4. The van der Waals surface area contributed by atoms with E-state index in [1.807, 2.05) is 11.0 Å². The normalized spacial score (nSPS) is 15.5. The third kappa shape index (κ3) is 3.92. The van der Waals surface area contributed by atoms with Crippen LogP contribution in [0.2, 0.25) is 10.2 Å². The molecule has 0 aromatic carbocycles. The molecule has 0 radical (unpaired) electrons. The molecule has 0 unspecified atom stereocenters. The number of hydrogen-bond acceptors (Lipinski definition) is 6. The lowest BCUT2D eigenvalue weighted by molar-refractivity contribution is -0.385. The lowest BCUT2D eigenvalue weighted by Crippen LogP contribution is -2.46. The van der Waals surface area contributed by atoms with E-state index in [9.17, 15) is 10.1 Å². The number of halogens is 2. The smallest absolute Gasteiger partial charge is 0.289 e. The number of aromatic nitrogens is 2. The molecule has 0 aliphatic carbocycles. The summed E-state index contributed by atoms with van der Waals surface area (Å²) in [6, 6.07) is 5.10. The standard InChI is InChI=1S/C15H15Cl2N5O2/c16-13-7-12(22(23)24)9-19-15(13)21-5-3-20(4-6-21)10-11-1-2-14(17)18-8-11/h1-2,7-9H,3-6,10H2. The van der Waals surface area contributed by atoms with Crippen molar-refractivity contribution in [1.29, 1.82) is 0 Å². The second kappa shape index (κ2) is 7.29. The fraction of sp³-hybridized carbons (Fsp3) is 0.333. The SMILES string of the molecule is O=[N+]([O-])c1cnc(N2CCN(Cc3ccc(Cl)nc3)CC2)c(Cl)c1. The molecule has 1 aliphatic rings. The first kappa shape index (κ1) is 16.9. The highest BCUT2D eigenvalue weighted by atomic mass is 35.5. The minimum Gasteiger partial charge on any atom is -0.353 e. The molecule has 3 rings (SSSR count). The Balaban J connectivity index is 1.60. The molecule has 1 aliphatic heterocycles. The summed E-state index contributed by atoms with van der Waals surface area (Å²) in [4.78, 5) is 22.8. The Bertz CT molecular complexity index is 733. The first-order valence-corrected chi connectivity index (χ1v) is 8.16. The van der Waals surface area contributed by atoms with Crippen LogP contribution in [0.25, 0.3) is 0 Å². The Kier molecular flexibility index (Phi) is 5.13. The van der Waals surface area contributed by atoms with Gasteiger partial charge in [0.25, 0.3) is 5.69 Å². The van der Waals surface area contributed by atoms with E-state index in [0.29, 0.717) is 16.0 Å². The molecule has 1 saturated heterocycles. The molecule has 2 aromatic rings. The molecule has 24 heavy (non-hydrogen) atoms. The van der Waals surface area contributed by atoms with Crippen molar-refractivity contribution in [2.75, 3.05) is 31.1 Å². The highest BCUT2D eigenvalue weighted by Gasteiger charge is 2.21. The van der Waals surface area contributed by atoms with Crippen molar-refractivity contribution in [3.05, 3.63) is 56.4 Å². The summed E-state index contributed by atoms with van der Waals surface area (Å²) in [7, 11) is 0. The zero-order valence-corrected chi connectivity index (χ0v) is 14.2. The van der Waals surface area contributed by atoms with Crippen molar-refractivity contribution in [3.63, 3.8) is 0 Å². The van der Waals surface area contributed by atoms with Crippen molar-refractivity contribution in [2.24, 2.45) is 0 Å². The quantitative estimate of drug-likeness (QED) is 0.469. The van der Waals surface area contributed by atoms with Crippen LogP contribution in [0.5, 0.6) is 0 Å². The summed E-state index contributed by atoms with van der Waals surface area (Å²) in [5.74, 6) is 0.593. The van der Waals surface area contributed by atoms with Gasteiger partial charge in [0.05, 0.1) is 9.95 Å². The highest BCUT2D eigenvalue weighted by molar-refractivity contribution is 6.33. The first-order valence-electron chi connectivity index (χ1n) is 7.40. The van der Waals surface area contributed by atoms with E-state index in [1.165, 1.54) is 12.3 Å². The maximum absolute atomic E-state index is 10.8. The van der Waals surface area contributed by atoms with E-state index in [4.69, 9.17) is 23.2 Å². The average Bonchev–Trinajstić information content (AvgIpc) is 2.58. The van der Waals surface area contributed by atoms with Crippen LogP contribution in [0, 0.1) is 10.1 Å². The molecule has 0 spiro atoms. The van der Waals surface area contributed by atoms with Gasteiger partial charge in [-0.3, -0.25) is 15.0 Å². The van der Waals surface area contributed by atoms with Crippen LogP contribution in [-0.2, 0) is 6.54 Å². The minimum atomic E-state index is -0.499. The molecule has 0 saturated carbocycles. The van der Waals surface area contributed by atoms with Crippen LogP contribution < -0.4 is 4.90 Å². The molecular formula is C15H15Cl2N5O2. The van der Waals surface area contributed by atoms with Gasteiger partial charge >= 0.3 is 0 Å². The fourth-order valence-electron chi connectivity index (χ4n) is 2.63. The molecule has 0 bridgehead atoms. The van der Waals surface area contributed by atoms with Crippen LogP contribution in [-0.4, -0.2) is 46.0 Å². The molecule has 0 N–H and O–H groups in total. The van der Waals surface area contributed by atoms with E-state index in [1.54, 1.807) is 12.3 Å². The van der Waals surface area contributed by atoms with Crippen LogP contribution in [0.3, 0.4) is 0 Å². The minimum absolute atomic E-state index is 0.0994. The number of nitrogens with zero attached hydrogens (tertiary/aromatic N) is 5. The van der Waals surface area contributed by atoms with Crippen LogP contribution in [0.1, 0.15) is 5.56 Å². The number of piperazine rings is 1. The zero-order chi connectivity index (χ0) is 17.1. The van der Waals surface area contributed by atoms with Gasteiger partial charge in [-0.05, 0) is 11.6 Å². The van der Waals surface area contributed by atoms with Gasteiger partial charge in [0.15, 0.2) is 0 Å². The van der Waals surface area contributed by atoms with Crippen molar-refractivity contribution < 1.29 is 4.92 Å². The van der Waals surface area contributed by atoms with Gasteiger partial charge in [0, 0.05) is 45.0 Å². The molecule has 0 amide bonds. The van der Waals surface area contributed by atoms with Gasteiger partial charge in [-0.25, -0.2) is 9.97 Å². The highest BCUT2D eigenvalue weighted by Crippen LogP contribution is 2.27. The monoisotopic (exact) mass is 367 g/mol. The summed E-state index contributed by atoms with van der Waals surface area (Å²) in [5, 5.41) is 11.5. The number of nitro groups is 1. The Morgan fingerprint density at radius 2 is 1.88 bits per heavy atom. The Labute approximate surface area is 149 Å². The largest absolute Gasteiger partial charge is 0.353 e. The molecular weight excluding hydrogens is 353 g/mol. The number of anilines is 1. The number of pyridine rings is 2. The first-order chi connectivity index (χ1) is 11.5. The van der Waals surface area contributed by atoms with E-state index in [2.05, 4.69) is 14.9 Å². The van der Waals surface area contributed by atoms with E-state index in [0.717, 1.165) is 38.3 Å². The zero-order valence-electron chi connectivity index (χ0n) is 12.7. The lowest BCUT2D eigenvalue weighted by atomic mass is 10.2. The summed E-state index contributed by atoms with van der Waals surface area (Å²) < 4.78 is 0. The topological polar surface area (TPSA) is 75.4 Å². The second-order valence-electron chi connectivity index (χ2n) is 5.51. The Morgan fingerprint density at radius 1 is 1.12 bits per heavy atom. The van der Waals surface area contributed by atoms with Crippen LogP contribution >= 0.6 is 23.2 Å². The Morgan fingerprint density at radius 3 is 2.46 bits per heavy atom. The van der Waals surface area contributed by atoms with Crippen molar-refractivity contribution in [1.82, 2.24) is 14.9 Å². The van der Waals surface area contributed by atoms with Gasteiger partial charge in [0.2, 0.25) is 0 Å². The van der Waals surface area contributed by atoms with E-state index < -0.39 is 4.92 Å². The van der Waals surface area contributed by atoms with Crippen LogP contribution in [0.15, 0.2) is 30.6 Å². The fourth-order valence-corrected chi connectivity index (χ4v) is 3.02. The lowest BCUT2D eigenvalue weighted by Gasteiger charge is -2.35. The maximum Gasteiger partial charge on any atom is 0.289 e. The third-order valence-electron chi connectivity index (χ3n) is 3.88. The molecule has 1 fully saturated rings. The Hall–Kier alpha value is -1.96. The van der Waals surface area contributed by atoms with Crippen molar-refractivity contribution >= 4 is 34.7 Å². The molecule has 2 aromatic heterocycles.